The molecule has 0 bridgehead atoms. The van der Waals surface area contributed by atoms with Gasteiger partial charge in [0.1, 0.15) is 0 Å². The Morgan fingerprint density at radius 2 is 1.73 bits per heavy atom. The van der Waals surface area contributed by atoms with Crippen molar-refractivity contribution in [2.45, 2.75) is 50.8 Å². The molecule has 0 atom stereocenters. The molecule has 0 aromatic carbocycles. The summed E-state index contributed by atoms with van der Waals surface area (Å²) in [5, 5.41) is 0.494. The predicted molar refractivity (Wildman–Crippen MR) is 55.1 cm³/mol. The summed E-state index contributed by atoms with van der Waals surface area (Å²) in [6.07, 6.45) is 8.03. The van der Waals surface area contributed by atoms with Crippen molar-refractivity contribution >= 4 is 34.7 Å². The molecule has 1 saturated carbocycles. The molecule has 0 saturated heterocycles. The third-order valence-corrected chi connectivity index (χ3v) is 2.91. The first-order chi connectivity index (χ1) is 4.83. The van der Waals surface area contributed by atoms with Crippen LogP contribution in [0.1, 0.15) is 45.4 Å². The highest BCUT2D eigenvalue weighted by atomic mass is 35.5. The van der Waals surface area contributed by atoms with Crippen LogP contribution in [0.3, 0.4) is 0 Å². The lowest BCUT2D eigenvalue weighted by molar-refractivity contribution is 0.340. The van der Waals surface area contributed by atoms with Crippen LogP contribution in [-0.2, 0) is 0 Å². The van der Waals surface area contributed by atoms with Crippen LogP contribution in [0.5, 0.6) is 0 Å². The first kappa shape index (κ1) is 12.1. The lowest BCUT2D eigenvalue weighted by atomic mass is 9.86. The maximum absolute atomic E-state index is 5.98. The minimum atomic E-state index is 0. The summed E-state index contributed by atoms with van der Waals surface area (Å²) in [7, 11) is 0. The van der Waals surface area contributed by atoms with Crippen LogP contribution >= 0.6 is 11.6 Å². The van der Waals surface area contributed by atoms with Crippen LogP contribution in [0, 0.1) is 5.92 Å². The monoisotopic (exact) mass is 186 g/mol. The van der Waals surface area contributed by atoms with E-state index in [1.807, 2.05) is 0 Å². The maximum Gasteiger partial charge on any atom is 0.316 e. The van der Waals surface area contributed by atoms with Gasteiger partial charge in [0.05, 0.1) is 0 Å². The number of halogens is 1. The summed E-state index contributed by atoms with van der Waals surface area (Å²) >= 11 is 5.98. The van der Waals surface area contributed by atoms with Crippen LogP contribution < -0.4 is 0 Å². The van der Waals surface area contributed by atoms with Gasteiger partial charge in [0.15, 0.2) is 0 Å². The van der Waals surface area contributed by atoms with Gasteiger partial charge in [-0.15, -0.1) is 11.6 Å². The van der Waals surface area contributed by atoms with E-state index in [0.717, 1.165) is 5.92 Å². The van der Waals surface area contributed by atoms with Crippen molar-refractivity contribution in [3.8, 4) is 0 Å². The topological polar surface area (TPSA) is 0 Å². The first-order valence-corrected chi connectivity index (χ1v) is 4.90. The van der Waals surface area contributed by atoms with E-state index in [9.17, 15) is 0 Å². The lowest BCUT2D eigenvalue weighted by Gasteiger charge is -2.24. The average Bonchev–Trinajstić information content (AvgIpc) is 1.95. The van der Waals surface area contributed by atoms with E-state index in [1.165, 1.54) is 38.5 Å². The van der Waals surface area contributed by atoms with Gasteiger partial charge < -0.3 is 0 Å². The number of rotatable bonds is 2. The quantitative estimate of drug-likeness (QED) is 0.460. The molecule has 1 rings (SSSR count). The SMILES string of the molecule is CCCC1CCC(Cl)CC1.[MgH2]. The molecule has 2 heteroatoms. The van der Waals surface area contributed by atoms with Gasteiger partial charge in [-0.2, -0.15) is 0 Å². The minimum absolute atomic E-state index is 0. The highest BCUT2D eigenvalue weighted by molar-refractivity contribution is 6.20. The van der Waals surface area contributed by atoms with E-state index in [0.29, 0.717) is 5.38 Å². The molecular formula is C9H19ClMg. The smallest absolute Gasteiger partial charge is 0.123 e. The van der Waals surface area contributed by atoms with Crippen LogP contribution in [-0.4, -0.2) is 28.4 Å². The van der Waals surface area contributed by atoms with Gasteiger partial charge >= 0.3 is 23.1 Å². The molecule has 0 spiro atoms. The Morgan fingerprint density at radius 1 is 1.18 bits per heavy atom. The Labute approximate surface area is 91.2 Å². The molecule has 0 aromatic rings. The van der Waals surface area contributed by atoms with Gasteiger partial charge in [0, 0.05) is 5.38 Å². The fourth-order valence-electron chi connectivity index (χ4n) is 1.82. The van der Waals surface area contributed by atoms with Crippen molar-refractivity contribution in [3.63, 3.8) is 0 Å². The molecule has 0 N–H and O–H groups in total. The zero-order chi connectivity index (χ0) is 7.40. The summed E-state index contributed by atoms with van der Waals surface area (Å²) in [5.74, 6) is 1.000. The van der Waals surface area contributed by atoms with Crippen molar-refractivity contribution in [2.75, 3.05) is 0 Å². The largest absolute Gasteiger partial charge is 0.316 e. The third-order valence-electron chi connectivity index (χ3n) is 2.47. The van der Waals surface area contributed by atoms with E-state index in [-0.39, 0.29) is 23.1 Å². The number of alkyl halides is 1. The molecule has 1 fully saturated rings. The molecule has 0 unspecified atom stereocenters. The van der Waals surface area contributed by atoms with Crippen LogP contribution in [0.4, 0.5) is 0 Å². The van der Waals surface area contributed by atoms with Crippen molar-refractivity contribution in [1.29, 1.82) is 0 Å². The molecule has 1 aliphatic carbocycles. The molecule has 0 nitrogen and oxygen atoms in total. The van der Waals surface area contributed by atoms with Crippen LogP contribution in [0.25, 0.3) is 0 Å². The Hall–Kier alpha value is 1.06. The highest BCUT2D eigenvalue weighted by Crippen LogP contribution is 2.30. The Morgan fingerprint density at radius 3 is 2.18 bits per heavy atom. The summed E-state index contributed by atoms with van der Waals surface area (Å²) in [4.78, 5) is 0. The second kappa shape index (κ2) is 6.56. The molecular weight excluding hydrogens is 168 g/mol. The van der Waals surface area contributed by atoms with Gasteiger partial charge in [-0.05, 0) is 31.6 Å². The lowest BCUT2D eigenvalue weighted by Crippen LogP contribution is -2.13. The molecule has 1 aliphatic rings. The van der Waals surface area contributed by atoms with Crippen molar-refractivity contribution in [1.82, 2.24) is 0 Å². The summed E-state index contributed by atoms with van der Waals surface area (Å²) in [6.45, 7) is 2.27. The number of hydrogen-bond acceptors (Lipinski definition) is 0. The van der Waals surface area contributed by atoms with Gasteiger partial charge in [0.2, 0.25) is 0 Å². The summed E-state index contributed by atoms with van der Waals surface area (Å²) in [6, 6.07) is 0. The Kier molecular flexibility index (Phi) is 7.19. The Bertz CT molecular complexity index is 87.6. The van der Waals surface area contributed by atoms with Gasteiger partial charge in [-0.1, -0.05) is 19.8 Å². The highest BCUT2D eigenvalue weighted by Gasteiger charge is 2.17. The van der Waals surface area contributed by atoms with Crippen molar-refractivity contribution in [2.24, 2.45) is 5.92 Å². The zero-order valence-electron chi connectivity index (χ0n) is 6.78. The molecule has 0 radical (unpaired) electrons. The zero-order valence-corrected chi connectivity index (χ0v) is 7.53. The first-order valence-electron chi connectivity index (χ1n) is 4.47. The molecule has 64 valence electrons. The molecule has 0 aromatic heterocycles. The fourth-order valence-corrected chi connectivity index (χ4v) is 2.07. The second-order valence-corrected chi connectivity index (χ2v) is 4.02. The second-order valence-electron chi connectivity index (χ2n) is 3.41. The maximum atomic E-state index is 5.98. The van der Waals surface area contributed by atoms with Crippen molar-refractivity contribution < 1.29 is 0 Å². The standard InChI is InChI=1S/C9H17Cl.Mg.2H/c1-2-3-8-4-6-9(10)7-5-8;;;/h8-9H,2-7H2,1H3;;;. The van der Waals surface area contributed by atoms with E-state index < -0.39 is 0 Å². The van der Waals surface area contributed by atoms with E-state index in [1.54, 1.807) is 0 Å². The minimum Gasteiger partial charge on any atom is -0.123 e. The molecule has 0 aliphatic heterocycles. The van der Waals surface area contributed by atoms with E-state index in [2.05, 4.69) is 6.92 Å². The van der Waals surface area contributed by atoms with Gasteiger partial charge in [0.25, 0.3) is 0 Å². The van der Waals surface area contributed by atoms with E-state index in [4.69, 9.17) is 11.6 Å². The third kappa shape index (κ3) is 4.59. The summed E-state index contributed by atoms with van der Waals surface area (Å²) in [5.41, 5.74) is 0. The average molecular weight is 187 g/mol. The predicted octanol–water partition coefficient (Wildman–Crippen LogP) is 2.67. The molecule has 0 heterocycles. The molecule has 11 heavy (non-hydrogen) atoms. The fraction of sp³-hybridized carbons (Fsp3) is 1.00. The number of hydrogen-bond donors (Lipinski definition) is 0. The van der Waals surface area contributed by atoms with Gasteiger partial charge in [-0.25, -0.2) is 0 Å². The normalized spacial score (nSPS) is 31.1. The van der Waals surface area contributed by atoms with Crippen molar-refractivity contribution in [3.05, 3.63) is 0 Å². The van der Waals surface area contributed by atoms with E-state index >= 15 is 0 Å². The molecule has 0 amide bonds. The van der Waals surface area contributed by atoms with Crippen LogP contribution in [0.15, 0.2) is 0 Å². The van der Waals surface area contributed by atoms with Gasteiger partial charge in [-0.3, -0.25) is 0 Å². The Balaban J connectivity index is 0.000001000. The summed E-state index contributed by atoms with van der Waals surface area (Å²) < 4.78 is 0. The van der Waals surface area contributed by atoms with Crippen LogP contribution in [0.2, 0.25) is 0 Å².